The fraction of sp³-hybridized carbons (Fsp3) is 0.280. The van der Waals surface area contributed by atoms with E-state index in [-0.39, 0.29) is 0 Å². The van der Waals surface area contributed by atoms with Crippen LogP contribution in [0, 0.1) is 0 Å². The first-order valence-electron chi connectivity index (χ1n) is 10.4. The number of aromatic amines is 1. The van der Waals surface area contributed by atoms with Gasteiger partial charge < -0.3 is 9.40 Å². The van der Waals surface area contributed by atoms with Crippen molar-refractivity contribution in [3.8, 4) is 0 Å². The zero-order valence-electron chi connectivity index (χ0n) is 18.0. The molecule has 0 spiro atoms. The van der Waals surface area contributed by atoms with Crippen molar-refractivity contribution < 1.29 is 14.0 Å². The molecule has 0 aromatic carbocycles. The topological polar surface area (TPSA) is 75.1 Å². The van der Waals surface area contributed by atoms with Gasteiger partial charge in [-0.1, -0.05) is 50.6 Å². The Morgan fingerprint density at radius 3 is 2.37 bits per heavy atom. The number of nitrogens with one attached hydrogen (secondary N) is 2. The molecule has 0 radical (unpaired) electrons. The van der Waals surface area contributed by atoms with Gasteiger partial charge in [0.1, 0.15) is 5.42 Å². The summed E-state index contributed by atoms with van der Waals surface area (Å²) in [4.78, 5) is 28.9. The van der Waals surface area contributed by atoms with Gasteiger partial charge in [-0.2, -0.15) is 0 Å². The number of carbonyl (C=O) groups excluding carboxylic acids is 2. The van der Waals surface area contributed by atoms with E-state index in [0.29, 0.717) is 22.3 Å². The number of rotatable bonds is 6. The molecule has 30 heavy (non-hydrogen) atoms. The Balaban J connectivity index is 2.39. The smallest absolute Gasteiger partial charge is 0.259 e. The minimum atomic E-state index is -0.399. The molecule has 3 rings (SSSR count). The Morgan fingerprint density at radius 2 is 1.73 bits per heavy atom. The molecule has 0 aliphatic carbocycles. The molecule has 0 atom stereocenters. The number of hydrogen-bond acceptors (Lipinski definition) is 3. The van der Waals surface area contributed by atoms with Crippen molar-refractivity contribution in [2.75, 3.05) is 0 Å². The average Bonchev–Trinajstić information content (AvgIpc) is 3.39. The second-order valence-corrected chi connectivity index (χ2v) is 7.08. The highest BCUT2D eigenvalue weighted by Gasteiger charge is 2.34. The molecule has 2 aromatic rings. The molecular weight excluding hydrogens is 376 g/mol. The van der Waals surface area contributed by atoms with Crippen LogP contribution in [-0.2, 0) is 9.59 Å². The quantitative estimate of drug-likeness (QED) is 0.724. The van der Waals surface area contributed by atoms with E-state index in [9.17, 15) is 9.59 Å². The number of amides is 2. The molecule has 5 heteroatoms. The van der Waals surface area contributed by atoms with Crippen LogP contribution in [0.25, 0.3) is 35.5 Å². The predicted molar refractivity (Wildman–Crippen MR) is 122 cm³/mol. The Morgan fingerprint density at radius 1 is 1.00 bits per heavy atom. The number of imide groups is 1. The summed E-state index contributed by atoms with van der Waals surface area (Å²) in [7, 11) is 0. The Hall–Kier alpha value is -3.34. The fourth-order valence-corrected chi connectivity index (χ4v) is 3.66. The molecule has 2 amide bonds. The number of hydrogen-bond donors (Lipinski definition) is 2. The number of carbonyl (C=O) groups is 2. The third kappa shape index (κ3) is 3.88. The third-order valence-electron chi connectivity index (χ3n) is 5.05. The van der Waals surface area contributed by atoms with Crippen molar-refractivity contribution in [2.24, 2.45) is 0 Å². The van der Waals surface area contributed by atoms with Crippen LogP contribution >= 0.6 is 0 Å². The van der Waals surface area contributed by atoms with Gasteiger partial charge in [-0.3, -0.25) is 14.9 Å². The zero-order valence-corrected chi connectivity index (χ0v) is 18.0. The van der Waals surface area contributed by atoms with E-state index in [4.69, 9.17) is 4.42 Å². The van der Waals surface area contributed by atoms with Crippen LogP contribution in [-0.4, -0.2) is 16.8 Å². The van der Waals surface area contributed by atoms with E-state index in [1.54, 1.807) is 12.5 Å². The van der Waals surface area contributed by atoms with Crippen molar-refractivity contribution in [1.82, 2.24) is 10.3 Å². The van der Waals surface area contributed by atoms with Crippen LogP contribution < -0.4 is 26.5 Å². The lowest BCUT2D eigenvalue weighted by molar-refractivity contribution is -0.122. The largest absolute Gasteiger partial charge is 0.464 e. The predicted octanol–water partition coefficient (Wildman–Crippen LogP) is 2.10. The number of aromatic nitrogens is 1. The van der Waals surface area contributed by atoms with Gasteiger partial charge >= 0.3 is 0 Å². The SMILES string of the molecule is C\C=C/C=c1/c(C2=C(c3coc(=C/CCC)/c3=C\CC)C(=O)NC2=O)c[nH]/c1=C/C. The first-order valence-corrected chi connectivity index (χ1v) is 10.4. The van der Waals surface area contributed by atoms with Crippen LogP contribution in [0.3, 0.4) is 0 Å². The van der Waals surface area contributed by atoms with Gasteiger partial charge in [0.2, 0.25) is 0 Å². The summed E-state index contributed by atoms with van der Waals surface area (Å²) in [5.74, 6) is -0.793. The average molecular weight is 405 g/mol. The van der Waals surface area contributed by atoms with E-state index in [2.05, 4.69) is 17.2 Å². The number of allylic oxidation sites excluding steroid dienone is 2. The molecule has 1 aliphatic heterocycles. The third-order valence-corrected chi connectivity index (χ3v) is 5.05. The standard InChI is InChI=1S/C25H28N2O3/c1-5-9-12-16-18(14-26-20(16)8-4)22-23(25(29)27-24(22)28)19-15-30-21(13-10-6-2)17(19)11-7-3/h5,8-9,11-15,26H,6-7,10H2,1-4H3,(H,27,28,29)/b9-5-,16-12-,17-11-,20-8+,21-13+. The van der Waals surface area contributed by atoms with Gasteiger partial charge in [-0.25, -0.2) is 0 Å². The molecule has 2 aromatic heterocycles. The minimum absolute atomic E-state index is 0.358. The molecule has 0 bridgehead atoms. The number of H-pyrrole nitrogens is 1. The summed E-state index contributed by atoms with van der Waals surface area (Å²) in [5.41, 5.74) is 2.81. The van der Waals surface area contributed by atoms with Crippen LogP contribution in [0.4, 0.5) is 0 Å². The molecule has 2 N–H and O–H groups in total. The van der Waals surface area contributed by atoms with Crippen LogP contribution in [0.15, 0.2) is 29.0 Å². The summed E-state index contributed by atoms with van der Waals surface area (Å²) in [6.45, 7) is 8.00. The van der Waals surface area contributed by atoms with E-state index in [1.807, 2.05) is 57.2 Å². The van der Waals surface area contributed by atoms with Crippen LogP contribution in [0.5, 0.6) is 0 Å². The van der Waals surface area contributed by atoms with Gasteiger partial charge in [-0.05, 0) is 32.8 Å². The molecule has 0 saturated heterocycles. The fourth-order valence-electron chi connectivity index (χ4n) is 3.66. The van der Waals surface area contributed by atoms with Crippen molar-refractivity contribution in [3.63, 3.8) is 0 Å². The monoisotopic (exact) mass is 404 g/mol. The van der Waals surface area contributed by atoms with Gasteiger partial charge in [0.05, 0.1) is 17.4 Å². The summed E-state index contributed by atoms with van der Waals surface area (Å²) >= 11 is 0. The summed E-state index contributed by atoms with van der Waals surface area (Å²) in [6.07, 6.45) is 17.8. The highest BCUT2D eigenvalue weighted by Crippen LogP contribution is 2.27. The van der Waals surface area contributed by atoms with E-state index in [0.717, 1.165) is 40.5 Å². The Labute approximate surface area is 175 Å². The van der Waals surface area contributed by atoms with E-state index in [1.165, 1.54) is 0 Å². The molecule has 1 aliphatic rings. The molecule has 156 valence electrons. The molecule has 0 fully saturated rings. The normalized spacial score (nSPS) is 17.3. The van der Waals surface area contributed by atoms with Crippen molar-refractivity contribution in [2.45, 2.75) is 47.0 Å². The van der Waals surface area contributed by atoms with Crippen molar-refractivity contribution >= 4 is 47.3 Å². The highest BCUT2D eigenvalue weighted by atomic mass is 16.3. The van der Waals surface area contributed by atoms with Crippen LogP contribution in [0.2, 0.25) is 0 Å². The Bertz CT molecular complexity index is 1270. The maximum Gasteiger partial charge on any atom is 0.259 e. The van der Waals surface area contributed by atoms with Crippen LogP contribution in [0.1, 0.15) is 58.1 Å². The highest BCUT2D eigenvalue weighted by molar-refractivity contribution is 6.49. The second-order valence-electron chi connectivity index (χ2n) is 7.08. The number of unbranched alkanes of at least 4 members (excludes halogenated alkanes) is 1. The molecular formula is C25H28N2O3. The second kappa shape index (κ2) is 9.44. The molecule has 5 nitrogen and oxygen atoms in total. The van der Waals surface area contributed by atoms with Gasteiger partial charge in [0.25, 0.3) is 11.8 Å². The maximum absolute atomic E-state index is 12.9. The first-order chi connectivity index (χ1) is 14.6. The zero-order chi connectivity index (χ0) is 21.7. The molecule has 3 heterocycles. The van der Waals surface area contributed by atoms with Gasteiger partial charge in [0.15, 0.2) is 0 Å². The Kier molecular flexibility index (Phi) is 6.72. The van der Waals surface area contributed by atoms with Crippen molar-refractivity contribution in [1.29, 1.82) is 0 Å². The van der Waals surface area contributed by atoms with Crippen molar-refractivity contribution in [3.05, 3.63) is 56.9 Å². The lowest BCUT2D eigenvalue weighted by Gasteiger charge is -2.01. The summed E-state index contributed by atoms with van der Waals surface area (Å²) < 4.78 is 5.81. The van der Waals surface area contributed by atoms with E-state index < -0.39 is 11.8 Å². The lowest BCUT2D eigenvalue weighted by atomic mass is 9.97. The van der Waals surface area contributed by atoms with Gasteiger partial charge in [0, 0.05) is 33.1 Å². The summed E-state index contributed by atoms with van der Waals surface area (Å²) in [5, 5.41) is 5.10. The maximum atomic E-state index is 12.9. The van der Waals surface area contributed by atoms with E-state index >= 15 is 0 Å². The molecule has 0 saturated carbocycles. The summed E-state index contributed by atoms with van der Waals surface area (Å²) in [6, 6.07) is 0. The number of furan rings is 1. The molecule has 0 unspecified atom stereocenters. The lowest BCUT2D eigenvalue weighted by Crippen LogP contribution is -2.27. The first kappa shape index (κ1) is 21.4. The minimum Gasteiger partial charge on any atom is -0.464 e. The van der Waals surface area contributed by atoms with Gasteiger partial charge in [-0.15, -0.1) is 0 Å².